The number of pyridine rings is 1. The van der Waals surface area contributed by atoms with Gasteiger partial charge in [0.25, 0.3) is 0 Å². The van der Waals surface area contributed by atoms with Gasteiger partial charge in [-0.2, -0.15) is 0 Å². The molecule has 0 bridgehead atoms. The Kier molecular flexibility index (Phi) is 7.64. The summed E-state index contributed by atoms with van der Waals surface area (Å²) in [6.45, 7) is 3.67. The van der Waals surface area contributed by atoms with Crippen LogP contribution in [-0.4, -0.2) is 48.8 Å². The van der Waals surface area contributed by atoms with Crippen LogP contribution in [0.2, 0.25) is 0 Å². The smallest absolute Gasteiger partial charge is 0.312 e. The summed E-state index contributed by atoms with van der Waals surface area (Å²) in [5.74, 6) is 0.294. The lowest BCUT2D eigenvalue weighted by atomic mass is 9.99. The zero-order valence-corrected chi connectivity index (χ0v) is 18.6. The first-order valence-electron chi connectivity index (χ1n) is 11.4. The van der Waals surface area contributed by atoms with Crippen LogP contribution in [0.1, 0.15) is 24.3 Å². The average molecular weight is 447 g/mol. The van der Waals surface area contributed by atoms with E-state index < -0.39 is 11.9 Å². The maximum absolute atomic E-state index is 11.7. The van der Waals surface area contributed by atoms with E-state index in [2.05, 4.69) is 26.6 Å². The summed E-state index contributed by atoms with van der Waals surface area (Å²) in [5, 5.41) is 16.3. The summed E-state index contributed by atoms with van der Waals surface area (Å²) < 4.78 is 5.90. The molecule has 33 heavy (non-hydrogen) atoms. The molecule has 4 rings (SSSR count). The molecule has 0 spiro atoms. The summed E-state index contributed by atoms with van der Waals surface area (Å²) >= 11 is 0. The molecular formula is C26H30N4O3. The number of carbonyl (C=O) groups is 1. The molecule has 172 valence electrons. The number of hydrogen-bond donors (Lipinski definition) is 3. The van der Waals surface area contributed by atoms with E-state index in [-0.39, 0.29) is 0 Å². The van der Waals surface area contributed by atoms with Gasteiger partial charge in [-0.15, -0.1) is 0 Å². The van der Waals surface area contributed by atoms with Gasteiger partial charge in [0.2, 0.25) is 0 Å². The van der Waals surface area contributed by atoms with Gasteiger partial charge in [-0.25, -0.2) is 4.98 Å². The molecule has 1 aliphatic rings. The molecule has 1 aliphatic heterocycles. The van der Waals surface area contributed by atoms with Gasteiger partial charge in [0.15, 0.2) is 0 Å². The van der Waals surface area contributed by atoms with Gasteiger partial charge >= 0.3 is 5.97 Å². The number of hydrogen-bond acceptors (Lipinski definition) is 6. The Morgan fingerprint density at radius 3 is 2.70 bits per heavy atom. The standard InChI is InChI=1S/C26H30N4O3/c31-26(32)22(20-8-2-1-3-9-20)19-29-21-11-12-23-24(18-21)33-17-16-30(23)15-7-6-14-28-25-10-4-5-13-27-25/h1-5,8-13,18,22,29H,6-7,14-17,19H2,(H,27,28)(H,31,32). The Morgan fingerprint density at radius 2 is 1.91 bits per heavy atom. The number of unbranched alkanes of at least 4 members (excludes halogenated alkanes) is 1. The molecule has 0 aliphatic carbocycles. The van der Waals surface area contributed by atoms with Crippen LogP contribution in [0.4, 0.5) is 17.2 Å². The van der Waals surface area contributed by atoms with Gasteiger partial charge in [-0.1, -0.05) is 36.4 Å². The third-order valence-corrected chi connectivity index (χ3v) is 5.76. The normalized spacial score (nSPS) is 13.5. The van der Waals surface area contributed by atoms with Crippen molar-refractivity contribution in [2.24, 2.45) is 0 Å². The molecule has 2 heterocycles. The molecule has 0 saturated heterocycles. The number of nitrogens with zero attached hydrogens (tertiary/aromatic N) is 2. The van der Waals surface area contributed by atoms with Crippen molar-refractivity contribution in [3.8, 4) is 5.75 Å². The lowest BCUT2D eigenvalue weighted by Crippen LogP contribution is -2.33. The summed E-state index contributed by atoms with van der Waals surface area (Å²) in [5.41, 5.74) is 2.73. The second-order valence-electron chi connectivity index (χ2n) is 8.05. The zero-order valence-electron chi connectivity index (χ0n) is 18.6. The number of nitrogens with one attached hydrogen (secondary N) is 2. The van der Waals surface area contributed by atoms with Crippen molar-refractivity contribution in [3.05, 3.63) is 78.5 Å². The molecule has 0 amide bonds. The van der Waals surface area contributed by atoms with Crippen molar-refractivity contribution in [2.75, 3.05) is 48.3 Å². The Hall–Kier alpha value is -3.74. The number of ether oxygens (including phenoxy) is 1. The third kappa shape index (κ3) is 6.16. The van der Waals surface area contributed by atoms with Gasteiger partial charge in [0, 0.05) is 37.6 Å². The summed E-state index contributed by atoms with van der Waals surface area (Å²) in [6, 6.07) is 21.2. The topological polar surface area (TPSA) is 86.7 Å². The molecule has 1 atom stereocenters. The van der Waals surface area contributed by atoms with Gasteiger partial charge in [0.05, 0.1) is 18.2 Å². The molecule has 0 fully saturated rings. The quantitative estimate of drug-likeness (QED) is 0.375. The van der Waals surface area contributed by atoms with Gasteiger partial charge < -0.3 is 25.4 Å². The first kappa shape index (κ1) is 22.5. The Labute approximate surface area is 194 Å². The fourth-order valence-electron chi connectivity index (χ4n) is 3.98. The Balaban J connectivity index is 1.29. The van der Waals surface area contributed by atoms with Crippen LogP contribution in [0, 0.1) is 0 Å². The van der Waals surface area contributed by atoms with E-state index in [4.69, 9.17) is 4.74 Å². The van der Waals surface area contributed by atoms with Crippen LogP contribution in [0.25, 0.3) is 0 Å². The van der Waals surface area contributed by atoms with E-state index in [1.54, 1.807) is 6.20 Å². The lowest BCUT2D eigenvalue weighted by Gasteiger charge is -2.31. The van der Waals surface area contributed by atoms with E-state index in [9.17, 15) is 9.90 Å². The number of aromatic nitrogens is 1. The largest absolute Gasteiger partial charge is 0.489 e. The van der Waals surface area contributed by atoms with Crippen molar-refractivity contribution >= 4 is 23.2 Å². The van der Waals surface area contributed by atoms with E-state index in [0.29, 0.717) is 13.2 Å². The maximum Gasteiger partial charge on any atom is 0.312 e. The Morgan fingerprint density at radius 1 is 1.06 bits per heavy atom. The fourth-order valence-corrected chi connectivity index (χ4v) is 3.98. The van der Waals surface area contributed by atoms with Crippen LogP contribution in [-0.2, 0) is 4.79 Å². The fraction of sp³-hybridized carbons (Fsp3) is 0.308. The van der Waals surface area contributed by atoms with E-state index in [0.717, 1.165) is 61.0 Å². The van der Waals surface area contributed by atoms with Crippen molar-refractivity contribution < 1.29 is 14.6 Å². The minimum absolute atomic E-state index is 0.311. The highest BCUT2D eigenvalue weighted by molar-refractivity contribution is 5.77. The van der Waals surface area contributed by atoms with E-state index in [1.807, 2.05) is 60.7 Å². The third-order valence-electron chi connectivity index (χ3n) is 5.76. The average Bonchev–Trinajstić information content (AvgIpc) is 2.85. The van der Waals surface area contributed by atoms with Crippen LogP contribution in [0.5, 0.6) is 5.75 Å². The Bertz CT molecular complexity index is 1030. The lowest BCUT2D eigenvalue weighted by molar-refractivity contribution is -0.138. The first-order chi connectivity index (χ1) is 16.2. The number of benzene rings is 2. The van der Waals surface area contributed by atoms with E-state index >= 15 is 0 Å². The first-order valence-corrected chi connectivity index (χ1v) is 11.4. The summed E-state index contributed by atoms with van der Waals surface area (Å²) in [7, 11) is 0. The highest BCUT2D eigenvalue weighted by Crippen LogP contribution is 2.34. The molecule has 3 aromatic rings. The minimum atomic E-state index is -0.841. The van der Waals surface area contributed by atoms with Crippen molar-refractivity contribution in [2.45, 2.75) is 18.8 Å². The number of carboxylic acid groups (broad SMARTS) is 1. The van der Waals surface area contributed by atoms with Crippen LogP contribution in [0.3, 0.4) is 0 Å². The molecule has 2 aromatic carbocycles. The number of aliphatic carboxylic acids is 1. The SMILES string of the molecule is O=C(O)C(CNc1ccc2c(c1)OCCN2CCCCNc1ccccn1)c1ccccc1. The highest BCUT2D eigenvalue weighted by atomic mass is 16.5. The van der Waals surface area contributed by atoms with Crippen molar-refractivity contribution in [1.82, 2.24) is 4.98 Å². The van der Waals surface area contributed by atoms with Crippen molar-refractivity contribution in [3.63, 3.8) is 0 Å². The van der Waals surface area contributed by atoms with Gasteiger partial charge in [0.1, 0.15) is 18.2 Å². The van der Waals surface area contributed by atoms with Crippen molar-refractivity contribution in [1.29, 1.82) is 0 Å². The number of rotatable bonds is 11. The highest BCUT2D eigenvalue weighted by Gasteiger charge is 2.21. The minimum Gasteiger partial charge on any atom is -0.489 e. The molecule has 0 radical (unpaired) electrons. The molecular weight excluding hydrogens is 416 g/mol. The molecule has 1 aromatic heterocycles. The molecule has 7 heteroatoms. The monoisotopic (exact) mass is 446 g/mol. The second kappa shape index (κ2) is 11.2. The number of carboxylic acids is 1. The van der Waals surface area contributed by atoms with Crippen LogP contribution in [0.15, 0.2) is 72.9 Å². The molecule has 7 nitrogen and oxygen atoms in total. The maximum atomic E-state index is 11.7. The van der Waals surface area contributed by atoms with Crippen LogP contribution < -0.4 is 20.3 Å². The van der Waals surface area contributed by atoms with Crippen LogP contribution >= 0.6 is 0 Å². The second-order valence-corrected chi connectivity index (χ2v) is 8.05. The molecule has 3 N–H and O–H groups in total. The molecule has 0 saturated carbocycles. The van der Waals surface area contributed by atoms with E-state index in [1.165, 1.54) is 0 Å². The number of anilines is 3. The predicted molar refractivity (Wildman–Crippen MR) is 131 cm³/mol. The summed E-state index contributed by atoms with van der Waals surface area (Å²) in [4.78, 5) is 18.4. The predicted octanol–water partition coefficient (Wildman–Crippen LogP) is 4.45. The summed E-state index contributed by atoms with van der Waals surface area (Å²) in [6.07, 6.45) is 3.91. The molecule has 1 unspecified atom stereocenters. The van der Waals surface area contributed by atoms with Gasteiger partial charge in [-0.3, -0.25) is 4.79 Å². The number of fused-ring (bicyclic) bond motifs is 1. The zero-order chi connectivity index (χ0) is 22.9. The van der Waals surface area contributed by atoms with Gasteiger partial charge in [-0.05, 0) is 42.7 Å².